The second-order valence-corrected chi connectivity index (χ2v) is 7.05. The van der Waals surface area contributed by atoms with Gasteiger partial charge in [-0.25, -0.2) is 4.98 Å². The van der Waals surface area contributed by atoms with Gasteiger partial charge in [0.05, 0.1) is 17.1 Å². The Labute approximate surface area is 140 Å². The fourth-order valence-corrected chi connectivity index (χ4v) is 2.94. The number of benzene rings is 2. The minimum Gasteiger partial charge on any atom is -0.341 e. The molecule has 2 aromatic carbocycles. The Kier molecular flexibility index (Phi) is 3.20. The fourth-order valence-electron chi connectivity index (χ4n) is 2.94. The zero-order valence-corrected chi connectivity index (χ0v) is 14.4. The average molecular weight is 319 g/mol. The number of hydrogen-bond donors (Lipinski definition) is 1. The first-order valence-electron chi connectivity index (χ1n) is 8.27. The van der Waals surface area contributed by atoms with Crippen LogP contribution in [0.25, 0.3) is 22.1 Å². The van der Waals surface area contributed by atoms with Crippen molar-refractivity contribution in [1.29, 1.82) is 0 Å². The van der Waals surface area contributed by atoms with Gasteiger partial charge < -0.3 is 4.98 Å². The maximum atomic E-state index is 4.78. The molecule has 4 aromatic rings. The number of nitrogens with one attached hydrogen (secondary N) is 1. The van der Waals surface area contributed by atoms with Crippen molar-refractivity contribution in [2.24, 2.45) is 0 Å². The zero-order chi connectivity index (χ0) is 16.9. The van der Waals surface area contributed by atoms with Crippen LogP contribution in [-0.4, -0.2) is 25.0 Å². The number of aromatic amines is 1. The van der Waals surface area contributed by atoms with Gasteiger partial charge in [-0.05, 0) is 57.5 Å². The van der Waals surface area contributed by atoms with Crippen LogP contribution < -0.4 is 0 Å². The molecule has 2 aromatic heterocycles. The van der Waals surface area contributed by atoms with E-state index in [4.69, 9.17) is 4.98 Å². The first kappa shape index (κ1) is 14.9. The van der Waals surface area contributed by atoms with Crippen molar-refractivity contribution in [2.45, 2.75) is 39.2 Å². The van der Waals surface area contributed by atoms with E-state index in [0.717, 1.165) is 27.9 Å². The first-order valence-corrected chi connectivity index (χ1v) is 8.27. The molecule has 0 aliphatic carbocycles. The second-order valence-electron chi connectivity index (χ2n) is 7.05. The van der Waals surface area contributed by atoms with Crippen LogP contribution in [0.5, 0.6) is 0 Å². The number of para-hydroxylation sites is 2. The highest BCUT2D eigenvalue weighted by Gasteiger charge is 2.27. The van der Waals surface area contributed by atoms with Crippen molar-refractivity contribution in [2.75, 3.05) is 0 Å². The first-order chi connectivity index (χ1) is 11.4. The SMILES string of the molecule is CC(C)n1nc2ccc(C(C)(C)c3nc4ccccc4[nH]3)cc2n1. The standard InChI is InChI=1S/C19H21N5/c1-12(2)24-22-16-10-9-13(11-17(16)23-24)19(3,4)18-20-14-7-5-6-8-15(14)21-18/h5-12H,1-4H3,(H,20,21). The molecule has 5 heteroatoms. The molecular formula is C19H21N5. The van der Waals surface area contributed by atoms with Crippen LogP contribution in [-0.2, 0) is 5.41 Å². The van der Waals surface area contributed by atoms with E-state index in [1.165, 1.54) is 5.56 Å². The minimum atomic E-state index is -0.241. The van der Waals surface area contributed by atoms with Gasteiger partial charge in [-0.3, -0.25) is 0 Å². The van der Waals surface area contributed by atoms with Crippen molar-refractivity contribution in [3.05, 3.63) is 53.9 Å². The lowest BCUT2D eigenvalue weighted by Crippen LogP contribution is -2.20. The molecule has 0 aliphatic rings. The van der Waals surface area contributed by atoms with Crippen molar-refractivity contribution in [3.63, 3.8) is 0 Å². The van der Waals surface area contributed by atoms with Gasteiger partial charge >= 0.3 is 0 Å². The van der Waals surface area contributed by atoms with Gasteiger partial charge in [0, 0.05) is 5.41 Å². The number of H-pyrrole nitrogens is 1. The van der Waals surface area contributed by atoms with E-state index in [-0.39, 0.29) is 11.5 Å². The highest BCUT2D eigenvalue weighted by Crippen LogP contribution is 2.32. The van der Waals surface area contributed by atoms with E-state index in [9.17, 15) is 0 Å². The Balaban J connectivity index is 1.81. The molecule has 0 saturated carbocycles. The minimum absolute atomic E-state index is 0.241. The number of nitrogens with zero attached hydrogens (tertiary/aromatic N) is 4. The predicted octanol–water partition coefficient (Wildman–Crippen LogP) is 4.21. The normalized spacial score (nSPS) is 12.5. The monoisotopic (exact) mass is 319 g/mol. The average Bonchev–Trinajstić information content (AvgIpc) is 3.18. The number of rotatable bonds is 3. The third-order valence-corrected chi connectivity index (χ3v) is 4.56. The van der Waals surface area contributed by atoms with Crippen LogP contribution in [0, 0.1) is 0 Å². The Morgan fingerprint density at radius 3 is 2.46 bits per heavy atom. The van der Waals surface area contributed by atoms with Gasteiger partial charge in [-0.2, -0.15) is 15.0 Å². The third-order valence-electron chi connectivity index (χ3n) is 4.56. The van der Waals surface area contributed by atoms with E-state index >= 15 is 0 Å². The van der Waals surface area contributed by atoms with Crippen LogP contribution in [0.1, 0.15) is 45.1 Å². The van der Waals surface area contributed by atoms with Crippen LogP contribution in [0.15, 0.2) is 42.5 Å². The highest BCUT2D eigenvalue weighted by molar-refractivity contribution is 5.76. The summed E-state index contributed by atoms with van der Waals surface area (Å²) in [7, 11) is 0. The molecule has 0 amide bonds. The van der Waals surface area contributed by atoms with Crippen LogP contribution in [0.4, 0.5) is 0 Å². The molecule has 0 bridgehead atoms. The Bertz CT molecular complexity index is 990. The molecule has 4 rings (SSSR count). The number of aromatic nitrogens is 5. The molecule has 1 N–H and O–H groups in total. The number of hydrogen-bond acceptors (Lipinski definition) is 3. The Hall–Kier alpha value is -2.69. The molecule has 0 aliphatic heterocycles. The molecule has 0 fully saturated rings. The quantitative estimate of drug-likeness (QED) is 0.615. The van der Waals surface area contributed by atoms with E-state index in [2.05, 4.69) is 61.1 Å². The van der Waals surface area contributed by atoms with E-state index in [1.54, 1.807) is 4.80 Å². The maximum Gasteiger partial charge on any atom is 0.117 e. The molecular weight excluding hydrogens is 298 g/mol. The fraction of sp³-hybridized carbons (Fsp3) is 0.316. The van der Waals surface area contributed by atoms with Gasteiger partial charge in [0.2, 0.25) is 0 Å². The van der Waals surface area contributed by atoms with Gasteiger partial charge in [-0.1, -0.05) is 18.2 Å². The lowest BCUT2D eigenvalue weighted by molar-refractivity contribution is 0.472. The lowest BCUT2D eigenvalue weighted by atomic mass is 9.83. The molecule has 122 valence electrons. The summed E-state index contributed by atoms with van der Waals surface area (Å²) in [5, 5.41) is 9.12. The lowest BCUT2D eigenvalue weighted by Gasteiger charge is -2.22. The summed E-state index contributed by atoms with van der Waals surface area (Å²) >= 11 is 0. The van der Waals surface area contributed by atoms with Crippen LogP contribution in [0.2, 0.25) is 0 Å². The van der Waals surface area contributed by atoms with Gasteiger partial charge in [0.25, 0.3) is 0 Å². The summed E-state index contributed by atoms with van der Waals surface area (Å²) in [6.07, 6.45) is 0. The van der Waals surface area contributed by atoms with Crippen LogP contribution in [0.3, 0.4) is 0 Å². The molecule has 0 spiro atoms. The van der Waals surface area contributed by atoms with Gasteiger partial charge in [0.15, 0.2) is 0 Å². The summed E-state index contributed by atoms with van der Waals surface area (Å²) < 4.78 is 0. The van der Waals surface area contributed by atoms with Crippen molar-refractivity contribution >= 4 is 22.1 Å². The van der Waals surface area contributed by atoms with E-state index < -0.39 is 0 Å². The number of fused-ring (bicyclic) bond motifs is 2. The molecule has 0 atom stereocenters. The molecule has 0 unspecified atom stereocenters. The summed E-state index contributed by atoms with van der Waals surface area (Å²) in [6.45, 7) is 8.52. The van der Waals surface area contributed by atoms with Crippen molar-refractivity contribution < 1.29 is 0 Å². The smallest absolute Gasteiger partial charge is 0.117 e. The van der Waals surface area contributed by atoms with Crippen LogP contribution >= 0.6 is 0 Å². The molecule has 0 saturated heterocycles. The predicted molar refractivity (Wildman–Crippen MR) is 96.1 cm³/mol. The summed E-state index contributed by atoms with van der Waals surface area (Å²) in [5.74, 6) is 0.958. The summed E-state index contributed by atoms with van der Waals surface area (Å²) in [6, 6.07) is 14.7. The zero-order valence-electron chi connectivity index (χ0n) is 14.4. The molecule has 5 nitrogen and oxygen atoms in total. The summed E-state index contributed by atoms with van der Waals surface area (Å²) in [4.78, 5) is 10.00. The van der Waals surface area contributed by atoms with E-state index in [0.29, 0.717) is 0 Å². The number of imidazole rings is 1. The van der Waals surface area contributed by atoms with Crippen molar-refractivity contribution in [3.8, 4) is 0 Å². The maximum absolute atomic E-state index is 4.78. The Morgan fingerprint density at radius 1 is 0.958 bits per heavy atom. The van der Waals surface area contributed by atoms with E-state index in [1.807, 2.05) is 24.3 Å². The summed E-state index contributed by atoms with van der Waals surface area (Å²) in [5.41, 5.74) is 4.83. The van der Waals surface area contributed by atoms with Crippen molar-refractivity contribution in [1.82, 2.24) is 25.0 Å². The molecule has 24 heavy (non-hydrogen) atoms. The largest absolute Gasteiger partial charge is 0.341 e. The third kappa shape index (κ3) is 2.28. The van der Waals surface area contributed by atoms with Gasteiger partial charge in [-0.15, -0.1) is 0 Å². The van der Waals surface area contributed by atoms with Gasteiger partial charge in [0.1, 0.15) is 16.9 Å². The molecule has 2 heterocycles. The topological polar surface area (TPSA) is 59.4 Å². The Morgan fingerprint density at radius 2 is 1.71 bits per heavy atom. The molecule has 0 radical (unpaired) electrons. The highest BCUT2D eigenvalue weighted by atomic mass is 15.5. The second kappa shape index (κ2) is 5.16.